The molecule has 0 bridgehead atoms. The lowest BCUT2D eigenvalue weighted by Crippen LogP contribution is -2.74. The number of amides is 1. The van der Waals surface area contributed by atoms with Gasteiger partial charge in [-0.2, -0.15) is 0 Å². The van der Waals surface area contributed by atoms with E-state index in [0.29, 0.717) is 29.2 Å². The third-order valence-electron chi connectivity index (χ3n) is 9.76. The number of ketones is 4. The number of fused-ring (bicyclic) bond motifs is 3. The van der Waals surface area contributed by atoms with Gasteiger partial charge in [0.1, 0.15) is 5.75 Å². The summed E-state index contributed by atoms with van der Waals surface area (Å²) in [6, 6.07) is 17.4. The number of nitrogens with one attached hydrogen (secondary N) is 1. The van der Waals surface area contributed by atoms with Gasteiger partial charge in [0.15, 0.2) is 34.7 Å². The van der Waals surface area contributed by atoms with Crippen molar-refractivity contribution in [1.29, 1.82) is 0 Å². The lowest BCUT2D eigenvalue weighted by atomic mass is 9.52. The Morgan fingerprint density at radius 3 is 2.35 bits per heavy atom. The predicted molar refractivity (Wildman–Crippen MR) is 169 cm³/mol. The van der Waals surface area contributed by atoms with Crippen LogP contribution in [-0.2, 0) is 38.7 Å². The Bertz CT molecular complexity index is 1790. The monoisotopic (exact) mass is 643 g/mol. The summed E-state index contributed by atoms with van der Waals surface area (Å²) in [6.45, 7) is 1.25. The first-order valence-electron chi connectivity index (χ1n) is 15.1. The molecule has 11 heteroatoms. The van der Waals surface area contributed by atoms with E-state index in [1.165, 1.54) is 11.0 Å². The summed E-state index contributed by atoms with van der Waals surface area (Å²) in [6.07, 6.45) is 0.189. The molecule has 0 aliphatic heterocycles. The normalized spacial score (nSPS) is 27.3. The summed E-state index contributed by atoms with van der Waals surface area (Å²) in [5.41, 5.74) is 6.77. The number of hydrogen-bond donors (Lipinski definition) is 4. The van der Waals surface area contributed by atoms with Crippen molar-refractivity contribution in [1.82, 2.24) is 10.2 Å². The molecule has 0 aromatic heterocycles. The van der Waals surface area contributed by atoms with Crippen molar-refractivity contribution >= 4 is 40.6 Å². The molecular weight excluding hydrogens is 610 g/mol. The van der Waals surface area contributed by atoms with Crippen LogP contribution in [0.2, 0.25) is 5.02 Å². The lowest BCUT2D eigenvalue weighted by molar-refractivity contribution is -0.181. The number of likely N-dealkylation sites (N-methyl/N-ethyl adjacent to an activating group) is 1. The van der Waals surface area contributed by atoms with Gasteiger partial charge in [0.05, 0.1) is 17.5 Å². The van der Waals surface area contributed by atoms with Gasteiger partial charge in [-0.25, -0.2) is 0 Å². The first kappa shape index (κ1) is 31.7. The van der Waals surface area contributed by atoms with Crippen molar-refractivity contribution in [2.24, 2.45) is 29.4 Å². The molecule has 5 N–H and O–H groups in total. The molecule has 10 nitrogen and oxygen atoms in total. The van der Waals surface area contributed by atoms with E-state index in [1.807, 2.05) is 48.5 Å². The Balaban J connectivity index is 1.31. The van der Waals surface area contributed by atoms with Crippen molar-refractivity contribution in [2.45, 2.75) is 37.6 Å². The molecule has 2 unspecified atom stereocenters. The highest BCUT2D eigenvalue weighted by Gasteiger charge is 2.69. The average molecular weight is 644 g/mol. The van der Waals surface area contributed by atoms with Crippen LogP contribution in [0, 0.1) is 23.7 Å². The van der Waals surface area contributed by atoms with Gasteiger partial charge in [-0.15, -0.1) is 0 Å². The number of Topliss-reactive ketones (excluding diaryl/α,β-unsaturated/α-hetero) is 4. The Kier molecular flexibility index (Phi) is 8.18. The first-order chi connectivity index (χ1) is 21.8. The van der Waals surface area contributed by atoms with Crippen LogP contribution < -0.4 is 11.1 Å². The Morgan fingerprint density at radius 2 is 1.70 bits per heavy atom. The van der Waals surface area contributed by atoms with Crippen LogP contribution in [0.15, 0.2) is 60.7 Å². The highest BCUT2D eigenvalue weighted by atomic mass is 35.5. The van der Waals surface area contributed by atoms with E-state index in [9.17, 15) is 34.2 Å². The number of carbonyl (C=O) groups is 5. The van der Waals surface area contributed by atoms with E-state index < -0.39 is 64.4 Å². The quantitative estimate of drug-likeness (QED) is 0.283. The number of aromatic hydroxyl groups is 1. The molecule has 3 aromatic carbocycles. The van der Waals surface area contributed by atoms with Gasteiger partial charge < -0.3 is 21.3 Å². The van der Waals surface area contributed by atoms with E-state index in [0.717, 1.165) is 16.7 Å². The molecule has 238 valence electrons. The fraction of sp³-hybridized carbons (Fsp3) is 0.343. The summed E-state index contributed by atoms with van der Waals surface area (Å²) in [5.74, 6) is -10.6. The van der Waals surface area contributed by atoms with Gasteiger partial charge in [-0.3, -0.25) is 28.9 Å². The molecule has 0 heterocycles. The molecule has 1 amide bonds. The van der Waals surface area contributed by atoms with Crippen molar-refractivity contribution in [2.75, 3.05) is 14.1 Å². The molecule has 0 spiro atoms. The van der Waals surface area contributed by atoms with Gasteiger partial charge in [0, 0.05) is 24.0 Å². The van der Waals surface area contributed by atoms with Gasteiger partial charge >= 0.3 is 0 Å². The predicted octanol–water partition coefficient (Wildman–Crippen LogP) is 2.48. The number of benzene rings is 3. The van der Waals surface area contributed by atoms with E-state index >= 15 is 0 Å². The standard InChI is InChI=1S/C35H34ClN3O7/c1-39(2)29-24-14-20-13-23-22(19-8-6-17(7-9-19)15-38-16-18-4-3-5-21(36)12-18)10-11-25(40)27(23)30(41)26(20)32(43)35(24,46)33(44)28(31(29)42)34(37)45/h3-12,20,24,26,28-29,38,40,46H,13-16H2,1-2H3,(H2,37,45)/t20-,24-,26?,28?,29-,35-/m0/s1. The Labute approximate surface area is 270 Å². The zero-order chi connectivity index (χ0) is 33.1. The lowest BCUT2D eigenvalue weighted by Gasteiger charge is -2.52. The van der Waals surface area contributed by atoms with Crippen molar-refractivity contribution in [3.05, 3.63) is 87.9 Å². The van der Waals surface area contributed by atoms with Crippen LogP contribution in [0.25, 0.3) is 11.1 Å². The maximum atomic E-state index is 14.0. The molecule has 3 aliphatic carbocycles. The molecule has 3 aliphatic rings. The molecule has 2 fully saturated rings. The van der Waals surface area contributed by atoms with Crippen LogP contribution in [-0.4, -0.2) is 69.9 Å². The van der Waals surface area contributed by atoms with Crippen molar-refractivity contribution in [3.63, 3.8) is 0 Å². The van der Waals surface area contributed by atoms with Crippen LogP contribution in [0.3, 0.4) is 0 Å². The number of primary amides is 1. The third-order valence-corrected chi connectivity index (χ3v) is 9.99. The summed E-state index contributed by atoms with van der Waals surface area (Å²) in [4.78, 5) is 68.4. The number of phenols is 1. The summed E-state index contributed by atoms with van der Waals surface area (Å²) < 4.78 is 0. The highest BCUT2D eigenvalue weighted by Crippen LogP contribution is 2.51. The van der Waals surface area contributed by atoms with Crippen LogP contribution in [0.5, 0.6) is 5.75 Å². The molecule has 0 radical (unpaired) electrons. The fourth-order valence-corrected chi connectivity index (χ4v) is 7.89. The molecule has 2 saturated carbocycles. The number of hydrogen-bond acceptors (Lipinski definition) is 9. The van der Waals surface area contributed by atoms with E-state index in [-0.39, 0.29) is 24.2 Å². The minimum atomic E-state index is -2.75. The summed E-state index contributed by atoms with van der Waals surface area (Å²) in [7, 11) is 3.11. The molecule has 6 rings (SSSR count). The minimum Gasteiger partial charge on any atom is -0.507 e. The number of phenolic OH excluding ortho intramolecular Hbond substituents is 1. The second-order valence-corrected chi connectivity index (χ2v) is 13.1. The summed E-state index contributed by atoms with van der Waals surface area (Å²) in [5, 5.41) is 26.7. The number of carbonyl (C=O) groups excluding carboxylic acids is 5. The smallest absolute Gasteiger partial charge is 0.235 e. The first-order valence-corrected chi connectivity index (χ1v) is 15.5. The van der Waals surface area contributed by atoms with Crippen molar-refractivity contribution < 1.29 is 34.2 Å². The van der Waals surface area contributed by atoms with Gasteiger partial charge in [0.25, 0.3) is 0 Å². The average Bonchev–Trinajstić information content (AvgIpc) is 2.99. The largest absolute Gasteiger partial charge is 0.507 e. The van der Waals surface area contributed by atoms with Crippen LogP contribution in [0.4, 0.5) is 0 Å². The number of nitrogens with two attached hydrogens (primary N) is 1. The molecule has 0 saturated heterocycles. The van der Waals surface area contributed by atoms with E-state index in [2.05, 4.69) is 5.32 Å². The Morgan fingerprint density at radius 1 is 1.00 bits per heavy atom. The topological polar surface area (TPSA) is 167 Å². The van der Waals surface area contributed by atoms with Crippen LogP contribution >= 0.6 is 11.6 Å². The summed E-state index contributed by atoms with van der Waals surface area (Å²) >= 11 is 6.08. The minimum absolute atomic E-state index is 0.00374. The maximum Gasteiger partial charge on any atom is 0.235 e. The molecule has 3 aromatic rings. The molecular formula is C35H34ClN3O7. The van der Waals surface area contributed by atoms with Crippen molar-refractivity contribution in [3.8, 4) is 16.9 Å². The van der Waals surface area contributed by atoms with E-state index in [4.69, 9.17) is 17.3 Å². The van der Waals surface area contributed by atoms with Crippen LogP contribution in [0.1, 0.15) is 33.5 Å². The zero-order valence-electron chi connectivity index (χ0n) is 25.3. The van der Waals surface area contributed by atoms with Gasteiger partial charge in [-0.1, -0.05) is 54.1 Å². The third kappa shape index (κ3) is 5.06. The van der Waals surface area contributed by atoms with Gasteiger partial charge in [0.2, 0.25) is 5.91 Å². The molecule has 46 heavy (non-hydrogen) atoms. The number of halogens is 1. The second-order valence-electron chi connectivity index (χ2n) is 12.7. The van der Waals surface area contributed by atoms with E-state index in [1.54, 1.807) is 20.2 Å². The maximum absolute atomic E-state index is 14.0. The van der Waals surface area contributed by atoms with Gasteiger partial charge in [-0.05, 0) is 78.9 Å². The number of aliphatic hydroxyl groups is 1. The fourth-order valence-electron chi connectivity index (χ4n) is 7.68. The SMILES string of the molecule is CN(C)[C@@H]1C(=O)C(C(N)=O)C(=O)[C@@]2(O)C(=O)C3C(=O)c4c(O)ccc(-c5ccc(CNCc6cccc(Cl)c6)cc5)c4C[C@H]3C[C@@H]12. The number of nitrogens with zero attached hydrogens (tertiary/aromatic N) is 1. The highest BCUT2D eigenvalue weighted by molar-refractivity contribution is 6.32. The second kappa shape index (κ2) is 11.9. The number of rotatable bonds is 7. The Hall–Kier alpha value is -4.22. The molecule has 6 atom stereocenters. The zero-order valence-corrected chi connectivity index (χ0v) is 26.1.